The molecule has 0 saturated heterocycles. The summed E-state index contributed by atoms with van der Waals surface area (Å²) in [7, 11) is 0. The predicted molar refractivity (Wildman–Crippen MR) is 86.9 cm³/mol. The monoisotopic (exact) mass is 291 g/mol. The summed E-state index contributed by atoms with van der Waals surface area (Å²) >= 11 is 2.04. The van der Waals surface area contributed by atoms with Gasteiger partial charge in [0.05, 0.1) is 6.61 Å². The van der Waals surface area contributed by atoms with Crippen LogP contribution in [0.25, 0.3) is 0 Å². The molecule has 3 rings (SSSR count). The molecule has 2 aliphatic rings. The normalized spacial score (nSPS) is 25.2. The number of hydrogen-bond acceptors (Lipinski definition) is 3. The van der Waals surface area contributed by atoms with E-state index in [1.807, 2.05) is 11.8 Å². The molecule has 1 fully saturated rings. The van der Waals surface area contributed by atoms with Gasteiger partial charge in [-0.1, -0.05) is 12.1 Å². The van der Waals surface area contributed by atoms with Crippen molar-refractivity contribution in [3.8, 4) is 5.75 Å². The first-order valence-corrected chi connectivity index (χ1v) is 9.15. The number of rotatable bonds is 5. The SMILES string of the molecule is CSC1CCC(NCCc2ccc3c(c2)CCO3)CC1. The first-order valence-electron chi connectivity index (χ1n) is 7.86. The topological polar surface area (TPSA) is 21.3 Å². The van der Waals surface area contributed by atoms with Gasteiger partial charge in [-0.05, 0) is 62.1 Å². The third kappa shape index (κ3) is 3.50. The maximum Gasteiger partial charge on any atom is 0.122 e. The molecular formula is C17H25NOS. The summed E-state index contributed by atoms with van der Waals surface area (Å²) in [5, 5.41) is 4.65. The van der Waals surface area contributed by atoms with Crippen molar-refractivity contribution in [2.24, 2.45) is 0 Å². The number of ether oxygens (including phenoxy) is 1. The van der Waals surface area contributed by atoms with Crippen molar-refractivity contribution in [2.75, 3.05) is 19.4 Å². The van der Waals surface area contributed by atoms with Crippen LogP contribution in [-0.2, 0) is 12.8 Å². The molecule has 1 aromatic rings. The largest absolute Gasteiger partial charge is 0.493 e. The van der Waals surface area contributed by atoms with E-state index < -0.39 is 0 Å². The van der Waals surface area contributed by atoms with E-state index in [1.165, 1.54) is 36.8 Å². The van der Waals surface area contributed by atoms with Gasteiger partial charge in [-0.3, -0.25) is 0 Å². The fourth-order valence-electron chi connectivity index (χ4n) is 3.32. The first-order chi connectivity index (χ1) is 9.85. The van der Waals surface area contributed by atoms with E-state index >= 15 is 0 Å². The van der Waals surface area contributed by atoms with E-state index in [-0.39, 0.29) is 0 Å². The van der Waals surface area contributed by atoms with Crippen LogP contribution in [0.5, 0.6) is 5.75 Å². The van der Waals surface area contributed by atoms with Crippen molar-refractivity contribution in [3.63, 3.8) is 0 Å². The van der Waals surface area contributed by atoms with Gasteiger partial charge in [0.2, 0.25) is 0 Å². The molecule has 20 heavy (non-hydrogen) atoms. The molecule has 1 aliphatic carbocycles. The van der Waals surface area contributed by atoms with Crippen LogP contribution in [-0.4, -0.2) is 30.7 Å². The van der Waals surface area contributed by atoms with E-state index in [1.54, 1.807) is 0 Å². The molecule has 0 atom stereocenters. The van der Waals surface area contributed by atoms with Gasteiger partial charge in [-0.2, -0.15) is 11.8 Å². The smallest absolute Gasteiger partial charge is 0.122 e. The van der Waals surface area contributed by atoms with Crippen LogP contribution in [0.15, 0.2) is 18.2 Å². The molecule has 3 heteroatoms. The minimum absolute atomic E-state index is 0.746. The van der Waals surface area contributed by atoms with E-state index in [0.29, 0.717) is 0 Å². The molecule has 0 amide bonds. The summed E-state index contributed by atoms with van der Waals surface area (Å²) in [4.78, 5) is 0. The van der Waals surface area contributed by atoms with Gasteiger partial charge in [0, 0.05) is 17.7 Å². The Hall–Kier alpha value is -0.670. The quantitative estimate of drug-likeness (QED) is 0.898. The van der Waals surface area contributed by atoms with Gasteiger partial charge in [-0.25, -0.2) is 0 Å². The predicted octanol–water partition coefficient (Wildman–Crippen LogP) is 3.43. The van der Waals surface area contributed by atoms with E-state index in [0.717, 1.165) is 43.0 Å². The van der Waals surface area contributed by atoms with Crippen LogP contribution >= 0.6 is 11.8 Å². The Balaban J connectivity index is 1.42. The molecule has 1 aromatic carbocycles. The molecule has 0 spiro atoms. The summed E-state index contributed by atoms with van der Waals surface area (Å²) in [5.41, 5.74) is 2.84. The lowest BCUT2D eigenvalue weighted by atomic mass is 9.95. The lowest BCUT2D eigenvalue weighted by molar-refractivity contribution is 0.357. The first kappa shape index (κ1) is 14.3. The Morgan fingerprint density at radius 1 is 1.25 bits per heavy atom. The molecule has 0 radical (unpaired) electrons. The zero-order valence-electron chi connectivity index (χ0n) is 12.4. The Kier molecular flexibility index (Phi) is 4.90. The third-order valence-electron chi connectivity index (χ3n) is 4.61. The summed E-state index contributed by atoms with van der Waals surface area (Å²) in [6.07, 6.45) is 9.93. The molecule has 2 nitrogen and oxygen atoms in total. The standard InChI is InChI=1S/C17H25NOS/c1-20-16-5-3-15(4-6-16)18-10-8-13-2-7-17-14(12-13)9-11-19-17/h2,7,12,15-16,18H,3-6,8-11H2,1H3. The van der Waals surface area contributed by atoms with Gasteiger partial charge in [-0.15, -0.1) is 0 Å². The number of thioether (sulfide) groups is 1. The van der Waals surface area contributed by atoms with E-state index in [4.69, 9.17) is 4.74 Å². The highest BCUT2D eigenvalue weighted by Crippen LogP contribution is 2.27. The minimum Gasteiger partial charge on any atom is -0.493 e. The molecule has 1 aliphatic heterocycles. The molecule has 110 valence electrons. The number of nitrogens with one attached hydrogen (secondary N) is 1. The second-order valence-electron chi connectivity index (χ2n) is 5.95. The molecule has 1 N–H and O–H groups in total. The summed E-state index contributed by atoms with van der Waals surface area (Å²) in [6, 6.07) is 7.43. The van der Waals surface area contributed by atoms with Crippen LogP contribution in [0.4, 0.5) is 0 Å². The number of fused-ring (bicyclic) bond motifs is 1. The van der Waals surface area contributed by atoms with Crippen molar-refractivity contribution in [1.29, 1.82) is 0 Å². The van der Waals surface area contributed by atoms with E-state index in [9.17, 15) is 0 Å². The van der Waals surface area contributed by atoms with Gasteiger partial charge in [0.15, 0.2) is 0 Å². The van der Waals surface area contributed by atoms with Gasteiger partial charge in [0.25, 0.3) is 0 Å². The highest BCUT2D eigenvalue weighted by Gasteiger charge is 2.19. The highest BCUT2D eigenvalue weighted by atomic mass is 32.2. The van der Waals surface area contributed by atoms with Crippen LogP contribution < -0.4 is 10.1 Å². The number of benzene rings is 1. The van der Waals surface area contributed by atoms with Crippen molar-refractivity contribution in [3.05, 3.63) is 29.3 Å². The maximum absolute atomic E-state index is 5.56. The molecule has 1 heterocycles. The van der Waals surface area contributed by atoms with Gasteiger partial charge >= 0.3 is 0 Å². The van der Waals surface area contributed by atoms with Crippen molar-refractivity contribution in [2.45, 2.75) is 49.8 Å². The zero-order chi connectivity index (χ0) is 13.8. The van der Waals surface area contributed by atoms with Gasteiger partial charge in [0.1, 0.15) is 5.75 Å². The Morgan fingerprint density at radius 2 is 2.10 bits per heavy atom. The van der Waals surface area contributed by atoms with Crippen molar-refractivity contribution >= 4 is 11.8 Å². The van der Waals surface area contributed by atoms with Crippen molar-refractivity contribution < 1.29 is 4.74 Å². The fraction of sp³-hybridized carbons (Fsp3) is 0.647. The Morgan fingerprint density at radius 3 is 2.90 bits per heavy atom. The third-order valence-corrected chi connectivity index (χ3v) is 5.75. The summed E-state index contributed by atoms with van der Waals surface area (Å²) < 4.78 is 5.56. The Labute approximate surface area is 126 Å². The highest BCUT2D eigenvalue weighted by molar-refractivity contribution is 7.99. The average molecular weight is 291 g/mol. The van der Waals surface area contributed by atoms with E-state index in [2.05, 4.69) is 29.8 Å². The molecule has 1 saturated carbocycles. The molecular weight excluding hydrogens is 266 g/mol. The average Bonchev–Trinajstić information content (AvgIpc) is 2.95. The Bertz CT molecular complexity index is 441. The van der Waals surface area contributed by atoms with Gasteiger partial charge < -0.3 is 10.1 Å². The lowest BCUT2D eigenvalue weighted by Gasteiger charge is -2.28. The van der Waals surface area contributed by atoms with Crippen LogP contribution in [0.1, 0.15) is 36.8 Å². The molecule has 0 bridgehead atoms. The summed E-state index contributed by atoms with van der Waals surface area (Å²) in [6.45, 7) is 1.96. The number of hydrogen-bond donors (Lipinski definition) is 1. The molecule has 0 aromatic heterocycles. The second kappa shape index (κ2) is 6.86. The summed E-state index contributed by atoms with van der Waals surface area (Å²) in [5.74, 6) is 1.09. The zero-order valence-corrected chi connectivity index (χ0v) is 13.2. The van der Waals surface area contributed by atoms with Crippen LogP contribution in [0, 0.1) is 0 Å². The fourth-order valence-corrected chi connectivity index (χ4v) is 4.06. The van der Waals surface area contributed by atoms with Crippen LogP contribution in [0.3, 0.4) is 0 Å². The van der Waals surface area contributed by atoms with Crippen molar-refractivity contribution in [1.82, 2.24) is 5.32 Å². The second-order valence-corrected chi connectivity index (χ2v) is 7.09. The lowest BCUT2D eigenvalue weighted by Crippen LogP contribution is -2.35. The molecule has 0 unspecified atom stereocenters. The maximum atomic E-state index is 5.56. The minimum atomic E-state index is 0.746. The van der Waals surface area contributed by atoms with Crippen LogP contribution in [0.2, 0.25) is 0 Å².